The van der Waals surface area contributed by atoms with Crippen molar-refractivity contribution in [3.8, 4) is 0 Å². The highest BCUT2D eigenvalue weighted by molar-refractivity contribution is 6.29. The van der Waals surface area contributed by atoms with Crippen molar-refractivity contribution in [2.45, 2.75) is 6.54 Å². The lowest BCUT2D eigenvalue weighted by atomic mass is 10.1. The first-order valence-corrected chi connectivity index (χ1v) is 5.51. The van der Waals surface area contributed by atoms with Gasteiger partial charge < -0.3 is 5.32 Å². The number of fused-ring (bicyclic) bond motifs is 1. The number of nitrogens with zero attached hydrogens (tertiary/aromatic N) is 1. The van der Waals surface area contributed by atoms with E-state index in [0.29, 0.717) is 11.6 Å². The van der Waals surface area contributed by atoms with Gasteiger partial charge in [0.15, 0.2) is 0 Å². The zero-order valence-corrected chi connectivity index (χ0v) is 9.67. The Hall–Kier alpha value is -1.38. The summed E-state index contributed by atoms with van der Waals surface area (Å²) >= 11 is 5.70. The van der Waals surface area contributed by atoms with Crippen LogP contribution in [-0.2, 0) is 6.54 Å². The first kappa shape index (κ1) is 11.1. The third kappa shape index (κ3) is 2.60. The van der Waals surface area contributed by atoms with E-state index in [4.69, 9.17) is 11.6 Å². The van der Waals surface area contributed by atoms with Gasteiger partial charge in [0.2, 0.25) is 0 Å². The second-order valence-electron chi connectivity index (χ2n) is 3.63. The highest BCUT2D eigenvalue weighted by Crippen LogP contribution is 2.17. The summed E-state index contributed by atoms with van der Waals surface area (Å²) in [7, 11) is 0. The van der Waals surface area contributed by atoms with E-state index in [1.165, 1.54) is 10.9 Å². The number of nitrogens with one attached hydrogen (secondary N) is 1. The Morgan fingerprint density at radius 2 is 2.25 bits per heavy atom. The summed E-state index contributed by atoms with van der Waals surface area (Å²) < 4.78 is 0. The third-order valence-corrected chi connectivity index (χ3v) is 2.54. The maximum Gasteiger partial charge on any atom is 0.0346 e. The van der Waals surface area contributed by atoms with E-state index >= 15 is 0 Å². The zero-order chi connectivity index (χ0) is 11.4. The Morgan fingerprint density at radius 3 is 3.06 bits per heavy atom. The number of rotatable bonds is 4. The van der Waals surface area contributed by atoms with Gasteiger partial charge in [-0.05, 0) is 17.0 Å². The van der Waals surface area contributed by atoms with Gasteiger partial charge in [0.1, 0.15) is 0 Å². The molecule has 0 amide bonds. The van der Waals surface area contributed by atoms with Crippen molar-refractivity contribution in [3.63, 3.8) is 0 Å². The molecule has 0 spiro atoms. The van der Waals surface area contributed by atoms with Crippen molar-refractivity contribution < 1.29 is 0 Å². The van der Waals surface area contributed by atoms with E-state index in [0.717, 1.165) is 11.9 Å². The molecule has 0 fully saturated rings. The summed E-state index contributed by atoms with van der Waals surface area (Å²) in [4.78, 5) is 4.11. The van der Waals surface area contributed by atoms with Gasteiger partial charge in [-0.2, -0.15) is 0 Å². The van der Waals surface area contributed by atoms with E-state index in [9.17, 15) is 0 Å². The lowest BCUT2D eigenvalue weighted by Crippen LogP contribution is -2.14. The van der Waals surface area contributed by atoms with Gasteiger partial charge in [0.05, 0.1) is 0 Å². The van der Waals surface area contributed by atoms with Crippen LogP contribution in [0.3, 0.4) is 0 Å². The molecule has 3 heteroatoms. The molecule has 0 aliphatic rings. The summed E-state index contributed by atoms with van der Waals surface area (Å²) in [5.41, 5.74) is 1.25. The molecule has 0 saturated carbocycles. The van der Waals surface area contributed by atoms with Crippen LogP contribution in [0.4, 0.5) is 0 Å². The molecule has 0 unspecified atom stereocenters. The summed E-state index contributed by atoms with van der Waals surface area (Å²) in [5, 5.41) is 6.25. The maximum atomic E-state index is 5.70. The van der Waals surface area contributed by atoms with E-state index < -0.39 is 0 Å². The van der Waals surface area contributed by atoms with Crippen molar-refractivity contribution in [2.24, 2.45) is 0 Å². The molecule has 1 aromatic carbocycles. The van der Waals surface area contributed by atoms with Crippen LogP contribution in [0, 0.1) is 0 Å². The highest BCUT2D eigenvalue weighted by Gasteiger charge is 1.99. The number of hydrogen-bond donors (Lipinski definition) is 1. The van der Waals surface area contributed by atoms with Crippen molar-refractivity contribution in [2.75, 3.05) is 6.54 Å². The summed E-state index contributed by atoms with van der Waals surface area (Å²) in [6, 6.07) is 8.23. The molecule has 0 saturated heterocycles. The molecule has 16 heavy (non-hydrogen) atoms. The number of hydrogen-bond acceptors (Lipinski definition) is 2. The van der Waals surface area contributed by atoms with Gasteiger partial charge in [0, 0.05) is 35.9 Å². The summed E-state index contributed by atoms with van der Waals surface area (Å²) in [5.74, 6) is 0. The average molecular weight is 233 g/mol. The van der Waals surface area contributed by atoms with Gasteiger partial charge in [0.25, 0.3) is 0 Å². The van der Waals surface area contributed by atoms with Crippen LogP contribution in [0.5, 0.6) is 0 Å². The van der Waals surface area contributed by atoms with Crippen LogP contribution in [-0.4, -0.2) is 11.5 Å². The van der Waals surface area contributed by atoms with Crippen molar-refractivity contribution >= 4 is 22.4 Å². The predicted molar refractivity (Wildman–Crippen MR) is 68.4 cm³/mol. The van der Waals surface area contributed by atoms with Gasteiger partial charge in [-0.1, -0.05) is 36.4 Å². The van der Waals surface area contributed by atoms with Gasteiger partial charge in [-0.3, -0.25) is 4.98 Å². The Labute approximate surface area is 100.0 Å². The van der Waals surface area contributed by atoms with Gasteiger partial charge in [-0.15, -0.1) is 0 Å². The van der Waals surface area contributed by atoms with Crippen molar-refractivity contribution in [3.05, 3.63) is 53.8 Å². The fraction of sp³-hybridized carbons (Fsp3) is 0.154. The van der Waals surface area contributed by atoms with Crippen LogP contribution >= 0.6 is 11.6 Å². The summed E-state index contributed by atoms with van der Waals surface area (Å²) in [6.45, 7) is 5.05. The van der Waals surface area contributed by atoms with Crippen LogP contribution in [0.15, 0.2) is 48.3 Å². The third-order valence-electron chi connectivity index (χ3n) is 2.40. The first-order valence-electron chi connectivity index (χ1n) is 5.13. The smallest absolute Gasteiger partial charge is 0.0346 e. The molecule has 2 rings (SSSR count). The second kappa shape index (κ2) is 5.10. The highest BCUT2D eigenvalue weighted by atomic mass is 35.5. The molecule has 0 atom stereocenters. The normalized spacial score (nSPS) is 10.6. The predicted octanol–water partition coefficient (Wildman–Crippen LogP) is 3.08. The average Bonchev–Trinajstić information content (AvgIpc) is 2.29. The van der Waals surface area contributed by atoms with E-state index in [-0.39, 0.29) is 0 Å². The SMILES string of the molecule is C=C(Cl)CNCc1cccc2cnccc12. The van der Waals surface area contributed by atoms with Crippen molar-refractivity contribution in [1.82, 2.24) is 10.3 Å². The largest absolute Gasteiger partial charge is 0.308 e. The number of aromatic nitrogens is 1. The molecular weight excluding hydrogens is 220 g/mol. The quantitative estimate of drug-likeness (QED) is 0.877. The minimum Gasteiger partial charge on any atom is -0.308 e. The molecule has 0 radical (unpaired) electrons. The molecule has 1 heterocycles. The lowest BCUT2D eigenvalue weighted by molar-refractivity contribution is 0.759. The van der Waals surface area contributed by atoms with Crippen LogP contribution in [0.2, 0.25) is 0 Å². The minimum atomic E-state index is 0.627. The molecule has 0 aliphatic carbocycles. The minimum absolute atomic E-state index is 0.627. The number of pyridine rings is 1. The molecule has 1 aromatic heterocycles. The molecule has 0 aliphatic heterocycles. The molecule has 82 valence electrons. The molecule has 1 N–H and O–H groups in total. The Kier molecular flexibility index (Phi) is 3.54. The monoisotopic (exact) mass is 232 g/mol. The molecule has 0 bridgehead atoms. The van der Waals surface area contributed by atoms with E-state index in [2.05, 4.69) is 29.0 Å². The fourth-order valence-electron chi connectivity index (χ4n) is 1.68. The Bertz CT molecular complexity index is 503. The van der Waals surface area contributed by atoms with Crippen LogP contribution < -0.4 is 5.32 Å². The molecule has 2 aromatic rings. The number of halogens is 1. The van der Waals surface area contributed by atoms with Gasteiger partial charge >= 0.3 is 0 Å². The van der Waals surface area contributed by atoms with Gasteiger partial charge in [-0.25, -0.2) is 0 Å². The standard InChI is InChI=1S/C13H13ClN2/c1-10(14)7-16-9-12-4-2-3-11-8-15-6-5-13(11)12/h2-6,8,16H,1,7,9H2. The Balaban J connectivity index is 2.20. The number of benzene rings is 1. The van der Waals surface area contributed by atoms with E-state index in [1.807, 2.05) is 24.5 Å². The van der Waals surface area contributed by atoms with E-state index in [1.54, 1.807) is 0 Å². The fourth-order valence-corrected chi connectivity index (χ4v) is 1.77. The zero-order valence-electron chi connectivity index (χ0n) is 8.91. The summed E-state index contributed by atoms with van der Waals surface area (Å²) in [6.07, 6.45) is 3.69. The maximum absolute atomic E-state index is 5.70. The second-order valence-corrected chi connectivity index (χ2v) is 4.17. The topological polar surface area (TPSA) is 24.9 Å². The van der Waals surface area contributed by atoms with Crippen LogP contribution in [0.1, 0.15) is 5.56 Å². The molecule has 2 nitrogen and oxygen atoms in total. The lowest BCUT2D eigenvalue weighted by Gasteiger charge is -2.07. The first-order chi connectivity index (χ1) is 7.77. The molecular formula is C13H13ClN2. The van der Waals surface area contributed by atoms with Crippen molar-refractivity contribution in [1.29, 1.82) is 0 Å². The Morgan fingerprint density at radius 1 is 1.38 bits per heavy atom. The van der Waals surface area contributed by atoms with Crippen LogP contribution in [0.25, 0.3) is 10.8 Å².